The fraction of sp³-hybridized carbons (Fsp3) is 0.192. The van der Waals surface area contributed by atoms with E-state index in [1.54, 1.807) is 23.2 Å². The Bertz CT molecular complexity index is 1450. The summed E-state index contributed by atoms with van der Waals surface area (Å²) in [5, 5.41) is 1.66. The molecule has 3 heterocycles. The van der Waals surface area contributed by atoms with Crippen molar-refractivity contribution in [2.45, 2.75) is 19.1 Å². The van der Waals surface area contributed by atoms with E-state index in [0.717, 1.165) is 12.3 Å². The first kappa shape index (κ1) is 27.1. The van der Waals surface area contributed by atoms with Crippen molar-refractivity contribution in [2.75, 3.05) is 13.2 Å². The van der Waals surface area contributed by atoms with Crippen LogP contribution in [-0.2, 0) is 12.7 Å². The van der Waals surface area contributed by atoms with Gasteiger partial charge in [-0.2, -0.15) is 13.2 Å². The lowest BCUT2D eigenvalue weighted by atomic mass is 10.1. The number of pyridine rings is 1. The molecule has 0 saturated carbocycles. The van der Waals surface area contributed by atoms with Gasteiger partial charge in [0.1, 0.15) is 23.9 Å². The Hall–Kier alpha value is -4.43. The summed E-state index contributed by atoms with van der Waals surface area (Å²) < 4.78 is 85.2. The molecule has 0 unspecified atom stereocenters. The van der Waals surface area contributed by atoms with Crippen molar-refractivity contribution in [3.8, 4) is 39.5 Å². The molecular formula is C26H19F6N5O3. The highest BCUT2D eigenvalue weighted by Gasteiger charge is 2.32. The molecule has 2 aromatic heterocycles. The summed E-state index contributed by atoms with van der Waals surface area (Å²) in [5.74, 6) is 0.906. The highest BCUT2D eigenvalue weighted by atomic mass is 19.4. The number of benzene rings is 2. The molecule has 0 saturated heterocycles. The van der Waals surface area contributed by atoms with E-state index in [1.807, 2.05) is 0 Å². The zero-order valence-electron chi connectivity index (χ0n) is 20.3. The highest BCUT2D eigenvalue weighted by Crippen LogP contribution is 2.34. The minimum Gasteiger partial charge on any atom is -0.488 e. The number of hydrogen-bond donors (Lipinski definition) is 1. The average molecular weight is 563 g/mol. The SMILES string of the molecule is FC(F)(F)Oc1ccc(-c2ccc3c(c2)ONN(Cc2ncc(-c4ccc(C(F)(F)F)nc4)cn2)CCO3)cc1. The average Bonchev–Trinajstić information content (AvgIpc) is 2.90. The van der Waals surface area contributed by atoms with Crippen molar-refractivity contribution in [1.29, 1.82) is 0 Å². The van der Waals surface area contributed by atoms with E-state index in [1.165, 1.54) is 42.7 Å². The van der Waals surface area contributed by atoms with Gasteiger partial charge in [0.05, 0.1) is 13.1 Å². The maximum atomic E-state index is 12.7. The van der Waals surface area contributed by atoms with Gasteiger partial charge in [0.25, 0.3) is 0 Å². The number of rotatable bonds is 5. The van der Waals surface area contributed by atoms with Gasteiger partial charge in [0, 0.05) is 29.7 Å². The highest BCUT2D eigenvalue weighted by molar-refractivity contribution is 5.68. The van der Waals surface area contributed by atoms with Crippen LogP contribution in [0.4, 0.5) is 26.3 Å². The van der Waals surface area contributed by atoms with Crippen LogP contribution in [0.1, 0.15) is 11.5 Å². The van der Waals surface area contributed by atoms with Crippen LogP contribution in [0.2, 0.25) is 0 Å². The molecule has 208 valence electrons. The van der Waals surface area contributed by atoms with Crippen LogP contribution in [0, 0.1) is 0 Å². The summed E-state index contributed by atoms with van der Waals surface area (Å²) in [7, 11) is 0. The Balaban J connectivity index is 1.23. The predicted octanol–water partition coefficient (Wildman–Crippen LogP) is 5.82. The smallest absolute Gasteiger partial charge is 0.488 e. The lowest BCUT2D eigenvalue weighted by Crippen LogP contribution is -2.43. The summed E-state index contributed by atoms with van der Waals surface area (Å²) in [5.41, 5.74) is 4.09. The number of alkyl halides is 6. The number of hydrazine groups is 1. The Labute approximate surface area is 223 Å². The molecule has 8 nitrogen and oxygen atoms in total. The second-order valence-corrected chi connectivity index (χ2v) is 8.51. The van der Waals surface area contributed by atoms with E-state index in [0.29, 0.717) is 52.7 Å². The van der Waals surface area contributed by atoms with Gasteiger partial charge in [-0.1, -0.05) is 29.9 Å². The fourth-order valence-electron chi connectivity index (χ4n) is 3.76. The molecular weight excluding hydrogens is 544 g/mol. The van der Waals surface area contributed by atoms with E-state index in [2.05, 4.69) is 25.3 Å². The first-order chi connectivity index (χ1) is 19.0. The van der Waals surface area contributed by atoms with Crippen molar-refractivity contribution in [2.24, 2.45) is 0 Å². The van der Waals surface area contributed by atoms with Crippen LogP contribution in [0.5, 0.6) is 17.2 Å². The number of aromatic nitrogens is 3. The van der Waals surface area contributed by atoms with Crippen LogP contribution in [0.15, 0.2) is 73.2 Å². The Morgan fingerprint density at radius 3 is 2.10 bits per heavy atom. The second kappa shape index (κ2) is 11.0. The van der Waals surface area contributed by atoms with E-state index in [9.17, 15) is 26.3 Å². The van der Waals surface area contributed by atoms with Crippen LogP contribution in [-0.4, -0.2) is 39.5 Å². The molecule has 4 aromatic rings. The molecule has 5 rings (SSSR count). The molecule has 2 aromatic carbocycles. The topological polar surface area (TPSA) is 81.6 Å². The lowest BCUT2D eigenvalue weighted by Gasteiger charge is -2.26. The summed E-state index contributed by atoms with van der Waals surface area (Å²) in [6, 6.07) is 12.7. The molecule has 1 aliphatic rings. The number of nitrogens with one attached hydrogen (secondary N) is 1. The summed E-state index contributed by atoms with van der Waals surface area (Å²) >= 11 is 0. The van der Waals surface area contributed by atoms with Crippen LogP contribution in [0.25, 0.3) is 22.3 Å². The molecule has 0 spiro atoms. The monoisotopic (exact) mass is 563 g/mol. The third kappa shape index (κ3) is 6.76. The maximum absolute atomic E-state index is 12.7. The van der Waals surface area contributed by atoms with Crippen molar-refractivity contribution < 1.29 is 40.7 Å². The zero-order valence-corrected chi connectivity index (χ0v) is 20.3. The summed E-state index contributed by atoms with van der Waals surface area (Å²) in [6.45, 7) is 0.905. The molecule has 0 atom stereocenters. The number of nitrogens with zero attached hydrogens (tertiary/aromatic N) is 4. The zero-order chi connectivity index (χ0) is 28.3. The second-order valence-electron chi connectivity index (χ2n) is 8.51. The molecule has 40 heavy (non-hydrogen) atoms. The molecule has 0 radical (unpaired) electrons. The van der Waals surface area contributed by atoms with Crippen LogP contribution in [0.3, 0.4) is 0 Å². The van der Waals surface area contributed by atoms with Gasteiger partial charge >= 0.3 is 12.5 Å². The van der Waals surface area contributed by atoms with Crippen molar-refractivity contribution in [1.82, 2.24) is 25.5 Å². The first-order valence-electron chi connectivity index (χ1n) is 11.7. The largest absolute Gasteiger partial charge is 0.573 e. The third-order valence-electron chi connectivity index (χ3n) is 5.69. The van der Waals surface area contributed by atoms with Crippen molar-refractivity contribution in [3.05, 3.63) is 84.7 Å². The number of hydrogen-bond acceptors (Lipinski definition) is 8. The molecule has 0 aliphatic carbocycles. The maximum Gasteiger partial charge on any atom is 0.573 e. The fourth-order valence-corrected chi connectivity index (χ4v) is 3.76. The summed E-state index contributed by atoms with van der Waals surface area (Å²) in [4.78, 5) is 17.7. The normalized spacial score (nSPS) is 14.3. The van der Waals surface area contributed by atoms with Crippen molar-refractivity contribution in [3.63, 3.8) is 0 Å². The molecule has 0 fully saturated rings. The van der Waals surface area contributed by atoms with Gasteiger partial charge in [0.2, 0.25) is 0 Å². The molecule has 1 aliphatic heterocycles. The summed E-state index contributed by atoms with van der Waals surface area (Å²) in [6.07, 6.45) is -5.21. The first-order valence-corrected chi connectivity index (χ1v) is 11.7. The van der Waals surface area contributed by atoms with Gasteiger partial charge in [-0.05, 0) is 41.5 Å². The Kier molecular flexibility index (Phi) is 7.45. The Morgan fingerprint density at radius 1 is 0.775 bits per heavy atom. The predicted molar refractivity (Wildman–Crippen MR) is 128 cm³/mol. The minimum atomic E-state index is -4.77. The molecule has 1 N–H and O–H groups in total. The number of halogens is 6. The van der Waals surface area contributed by atoms with Gasteiger partial charge in [-0.25, -0.2) is 15.0 Å². The van der Waals surface area contributed by atoms with Crippen LogP contribution >= 0.6 is 0 Å². The Morgan fingerprint density at radius 2 is 1.45 bits per heavy atom. The number of fused-ring (bicyclic) bond motifs is 1. The van der Waals surface area contributed by atoms with Crippen molar-refractivity contribution >= 4 is 0 Å². The van der Waals surface area contributed by atoms with E-state index >= 15 is 0 Å². The molecule has 0 amide bonds. The van der Waals surface area contributed by atoms with Gasteiger partial charge in [-0.15, -0.1) is 13.2 Å². The van der Waals surface area contributed by atoms with Gasteiger partial charge in [-0.3, -0.25) is 4.98 Å². The standard InChI is InChI=1S/C26H19F6N5O3/c27-25(28,29)23-8-4-18(12-33-23)19-13-34-24(35-14-19)15-37-9-10-38-21-7-3-17(11-22(21)40-36-37)16-1-5-20(6-2-16)39-26(30,31)32/h1-8,11-14,36H,9-10,15H2. The van der Waals surface area contributed by atoms with Crippen LogP contribution < -0.4 is 19.9 Å². The lowest BCUT2D eigenvalue weighted by molar-refractivity contribution is -0.274. The quantitative estimate of drug-likeness (QED) is 0.305. The van der Waals surface area contributed by atoms with E-state index in [-0.39, 0.29) is 12.3 Å². The van der Waals surface area contributed by atoms with E-state index in [4.69, 9.17) is 9.57 Å². The molecule has 14 heteroatoms. The minimum absolute atomic E-state index is 0.213. The van der Waals surface area contributed by atoms with E-state index < -0.39 is 18.2 Å². The third-order valence-corrected chi connectivity index (χ3v) is 5.69. The van der Waals surface area contributed by atoms with Gasteiger partial charge in [0.15, 0.2) is 11.5 Å². The number of ether oxygens (including phenoxy) is 2. The molecule has 0 bridgehead atoms. The van der Waals surface area contributed by atoms with Gasteiger partial charge < -0.3 is 14.3 Å².